The Morgan fingerprint density at radius 2 is 1.95 bits per heavy atom. The Morgan fingerprint density at radius 1 is 1.27 bits per heavy atom. The Bertz CT molecular complexity index is 810. The largest absolute Gasteiger partial charge is 0.352 e. The van der Waals surface area contributed by atoms with Gasteiger partial charge in [-0.05, 0) is 12.3 Å². The number of rotatable bonds is 6. The van der Waals surface area contributed by atoms with Gasteiger partial charge in [-0.1, -0.05) is 19.9 Å². The monoisotopic (exact) mass is 305 g/mol. The number of aryl methyl sites for hydroxylation is 2. The van der Waals surface area contributed by atoms with Crippen molar-refractivity contribution in [1.82, 2.24) is 18.7 Å². The van der Waals surface area contributed by atoms with E-state index in [1.807, 2.05) is 4.57 Å². The van der Waals surface area contributed by atoms with Gasteiger partial charge in [0.1, 0.15) is 0 Å². The molecule has 2 rings (SSSR count). The maximum atomic E-state index is 12.5. The standard InChI is InChI=1S/C15H23N5O2/c1-6-8-16-14-17-12-11(20(14)9-7-10(2)3)13(21)19(5)15(22)18(12)4/h6,10H,1,7-9H2,2-5H3,(H,16,17). The summed E-state index contributed by atoms with van der Waals surface area (Å²) in [6.45, 7) is 9.14. The number of anilines is 1. The number of nitrogens with one attached hydrogen (secondary N) is 1. The first-order chi connectivity index (χ1) is 10.4. The van der Waals surface area contributed by atoms with Gasteiger partial charge in [-0.3, -0.25) is 13.9 Å². The second-order valence-corrected chi connectivity index (χ2v) is 5.82. The third kappa shape index (κ3) is 2.70. The highest BCUT2D eigenvalue weighted by atomic mass is 16.2. The van der Waals surface area contributed by atoms with Crippen LogP contribution >= 0.6 is 0 Å². The van der Waals surface area contributed by atoms with Crippen LogP contribution in [0.3, 0.4) is 0 Å². The van der Waals surface area contributed by atoms with Gasteiger partial charge in [-0.2, -0.15) is 4.98 Å². The molecule has 0 aliphatic heterocycles. The molecule has 7 heteroatoms. The Hall–Kier alpha value is -2.31. The summed E-state index contributed by atoms with van der Waals surface area (Å²) in [5.41, 5.74) is 0.169. The quantitative estimate of drug-likeness (QED) is 0.810. The zero-order valence-corrected chi connectivity index (χ0v) is 13.6. The third-order valence-electron chi connectivity index (χ3n) is 3.68. The molecule has 0 aliphatic carbocycles. The van der Waals surface area contributed by atoms with Gasteiger partial charge in [0.25, 0.3) is 5.56 Å². The fourth-order valence-electron chi connectivity index (χ4n) is 2.35. The molecule has 0 fully saturated rings. The molecular formula is C15H23N5O2. The maximum Gasteiger partial charge on any atom is 0.332 e. The van der Waals surface area contributed by atoms with Crippen LogP contribution in [0.5, 0.6) is 0 Å². The van der Waals surface area contributed by atoms with E-state index < -0.39 is 0 Å². The Balaban J connectivity index is 2.72. The molecule has 2 aromatic rings. The highest BCUT2D eigenvalue weighted by molar-refractivity contribution is 5.74. The van der Waals surface area contributed by atoms with Crippen molar-refractivity contribution in [2.45, 2.75) is 26.8 Å². The first-order valence-corrected chi connectivity index (χ1v) is 7.39. The van der Waals surface area contributed by atoms with Crippen molar-refractivity contribution in [2.75, 3.05) is 11.9 Å². The first-order valence-electron chi connectivity index (χ1n) is 7.39. The topological polar surface area (TPSA) is 73.8 Å². The molecule has 22 heavy (non-hydrogen) atoms. The zero-order valence-electron chi connectivity index (χ0n) is 13.6. The van der Waals surface area contributed by atoms with Crippen molar-refractivity contribution >= 4 is 17.1 Å². The molecule has 2 aromatic heterocycles. The number of fused-ring (bicyclic) bond motifs is 1. The van der Waals surface area contributed by atoms with Gasteiger partial charge in [-0.15, -0.1) is 6.58 Å². The number of imidazole rings is 1. The van der Waals surface area contributed by atoms with E-state index in [-0.39, 0.29) is 11.2 Å². The van der Waals surface area contributed by atoms with Crippen molar-refractivity contribution < 1.29 is 0 Å². The predicted molar refractivity (Wildman–Crippen MR) is 88.4 cm³/mol. The predicted octanol–water partition coefficient (Wildman–Crippen LogP) is 1.08. The summed E-state index contributed by atoms with van der Waals surface area (Å²) in [4.78, 5) is 29.0. The molecule has 0 saturated heterocycles. The highest BCUT2D eigenvalue weighted by Crippen LogP contribution is 2.17. The number of hydrogen-bond donors (Lipinski definition) is 1. The summed E-state index contributed by atoms with van der Waals surface area (Å²) >= 11 is 0. The van der Waals surface area contributed by atoms with Crippen molar-refractivity contribution in [3.63, 3.8) is 0 Å². The smallest absolute Gasteiger partial charge is 0.332 e. The Labute approximate surface area is 128 Å². The van der Waals surface area contributed by atoms with Crippen LogP contribution in [0.25, 0.3) is 11.2 Å². The zero-order chi connectivity index (χ0) is 16.4. The molecule has 0 spiro atoms. The molecular weight excluding hydrogens is 282 g/mol. The molecule has 2 heterocycles. The summed E-state index contributed by atoms with van der Waals surface area (Å²) in [7, 11) is 3.11. The van der Waals surface area contributed by atoms with Crippen molar-refractivity contribution in [3.8, 4) is 0 Å². The van der Waals surface area contributed by atoms with Gasteiger partial charge in [0.2, 0.25) is 5.95 Å². The molecule has 0 bridgehead atoms. The van der Waals surface area contributed by atoms with Crippen LogP contribution in [-0.2, 0) is 20.6 Å². The lowest BCUT2D eigenvalue weighted by Gasteiger charge is -2.11. The van der Waals surface area contributed by atoms with E-state index in [0.29, 0.717) is 36.1 Å². The average molecular weight is 305 g/mol. The average Bonchev–Trinajstić information content (AvgIpc) is 2.85. The lowest BCUT2D eigenvalue weighted by atomic mass is 10.1. The fraction of sp³-hybridized carbons (Fsp3) is 0.533. The summed E-state index contributed by atoms with van der Waals surface area (Å²) in [6, 6.07) is 0. The summed E-state index contributed by atoms with van der Waals surface area (Å²) < 4.78 is 4.38. The molecule has 0 saturated carbocycles. The van der Waals surface area contributed by atoms with Gasteiger partial charge < -0.3 is 9.88 Å². The summed E-state index contributed by atoms with van der Waals surface area (Å²) in [6.07, 6.45) is 2.64. The summed E-state index contributed by atoms with van der Waals surface area (Å²) in [5, 5.41) is 3.14. The van der Waals surface area contributed by atoms with Crippen molar-refractivity contribution in [2.24, 2.45) is 20.0 Å². The van der Waals surface area contributed by atoms with Gasteiger partial charge in [0.05, 0.1) is 0 Å². The van der Waals surface area contributed by atoms with E-state index in [1.54, 1.807) is 13.1 Å². The van der Waals surface area contributed by atoms with Crippen LogP contribution in [0.4, 0.5) is 5.95 Å². The lowest BCUT2D eigenvalue weighted by Crippen LogP contribution is -2.37. The van der Waals surface area contributed by atoms with E-state index >= 15 is 0 Å². The van der Waals surface area contributed by atoms with E-state index in [9.17, 15) is 9.59 Å². The molecule has 0 atom stereocenters. The van der Waals surface area contributed by atoms with Crippen molar-refractivity contribution in [1.29, 1.82) is 0 Å². The maximum absolute atomic E-state index is 12.5. The molecule has 7 nitrogen and oxygen atoms in total. The third-order valence-corrected chi connectivity index (χ3v) is 3.68. The molecule has 1 N–H and O–H groups in total. The van der Waals surface area contributed by atoms with Crippen LogP contribution in [0.1, 0.15) is 20.3 Å². The van der Waals surface area contributed by atoms with Gasteiger partial charge >= 0.3 is 5.69 Å². The fourth-order valence-corrected chi connectivity index (χ4v) is 2.35. The second kappa shape index (κ2) is 6.21. The minimum Gasteiger partial charge on any atom is -0.352 e. The Kier molecular flexibility index (Phi) is 4.54. The van der Waals surface area contributed by atoms with Gasteiger partial charge in [0, 0.05) is 27.2 Å². The van der Waals surface area contributed by atoms with Crippen LogP contribution in [0.15, 0.2) is 22.2 Å². The van der Waals surface area contributed by atoms with Crippen LogP contribution < -0.4 is 16.6 Å². The van der Waals surface area contributed by atoms with E-state index in [2.05, 4.69) is 30.7 Å². The SMILES string of the molecule is C=CCNc1nc2c(c(=O)n(C)c(=O)n2C)n1CCC(C)C. The molecule has 0 radical (unpaired) electrons. The first kappa shape index (κ1) is 16.1. The van der Waals surface area contributed by atoms with Crippen LogP contribution in [0.2, 0.25) is 0 Å². The lowest BCUT2D eigenvalue weighted by molar-refractivity contribution is 0.524. The van der Waals surface area contributed by atoms with Crippen molar-refractivity contribution in [3.05, 3.63) is 33.5 Å². The van der Waals surface area contributed by atoms with Crippen LogP contribution in [-0.4, -0.2) is 25.2 Å². The van der Waals surface area contributed by atoms with Crippen LogP contribution in [0, 0.1) is 5.92 Å². The molecule has 0 aliphatic rings. The van der Waals surface area contributed by atoms with Gasteiger partial charge in [0.15, 0.2) is 11.2 Å². The highest BCUT2D eigenvalue weighted by Gasteiger charge is 2.18. The molecule has 0 aromatic carbocycles. The normalized spacial score (nSPS) is 11.3. The minimum absolute atomic E-state index is 0.319. The number of nitrogens with zero attached hydrogens (tertiary/aromatic N) is 4. The number of aromatic nitrogens is 4. The summed E-state index contributed by atoms with van der Waals surface area (Å²) in [5.74, 6) is 1.09. The number of hydrogen-bond acceptors (Lipinski definition) is 4. The van der Waals surface area contributed by atoms with E-state index in [4.69, 9.17) is 0 Å². The minimum atomic E-state index is -0.374. The molecule has 120 valence electrons. The molecule has 0 amide bonds. The Morgan fingerprint density at radius 3 is 2.55 bits per heavy atom. The van der Waals surface area contributed by atoms with E-state index in [1.165, 1.54) is 11.6 Å². The molecule has 0 unspecified atom stereocenters. The second-order valence-electron chi connectivity index (χ2n) is 5.82. The van der Waals surface area contributed by atoms with Gasteiger partial charge in [-0.25, -0.2) is 4.79 Å². The van der Waals surface area contributed by atoms with E-state index in [0.717, 1.165) is 11.0 Å².